The van der Waals surface area contributed by atoms with Crippen molar-refractivity contribution >= 4 is 12.1 Å². The van der Waals surface area contributed by atoms with Crippen molar-refractivity contribution in [1.82, 2.24) is 5.32 Å². The highest BCUT2D eigenvalue weighted by Gasteiger charge is 2.28. The van der Waals surface area contributed by atoms with Gasteiger partial charge in [-0.2, -0.15) is 0 Å². The number of hydrogen-bond donors (Lipinski definition) is 2. The molecule has 2 N–H and O–H groups in total. The maximum absolute atomic E-state index is 11.8. The van der Waals surface area contributed by atoms with Crippen LogP contribution in [0.1, 0.15) is 48.0 Å². The van der Waals surface area contributed by atoms with E-state index >= 15 is 0 Å². The number of amides is 1. The summed E-state index contributed by atoms with van der Waals surface area (Å²) in [6.07, 6.45) is 0.193. The second-order valence-electron chi connectivity index (χ2n) is 7.19. The van der Waals surface area contributed by atoms with E-state index in [1.54, 1.807) is 41.5 Å². The van der Waals surface area contributed by atoms with Crippen LogP contribution in [0.3, 0.4) is 0 Å². The van der Waals surface area contributed by atoms with Crippen molar-refractivity contribution in [1.29, 1.82) is 0 Å². The van der Waals surface area contributed by atoms with Crippen molar-refractivity contribution in [3.63, 3.8) is 0 Å². The van der Waals surface area contributed by atoms with E-state index in [-0.39, 0.29) is 13.0 Å². The molecule has 0 aliphatic carbocycles. The lowest BCUT2D eigenvalue weighted by atomic mass is 9.97. The Labute approximate surface area is 132 Å². The van der Waals surface area contributed by atoms with Gasteiger partial charge in [0.2, 0.25) is 0 Å². The Morgan fingerprint density at radius 3 is 2.18 bits per heavy atom. The molecule has 0 fully saturated rings. The van der Waals surface area contributed by atoms with E-state index < -0.39 is 35.2 Å². The number of carbonyl (C=O) groups excluding carboxylic acids is 2. The Balaban J connectivity index is 4.74. The molecular weight excluding hydrogens is 286 g/mol. The number of nitrogens with one attached hydrogen (secondary N) is 1. The number of aliphatic hydroxyl groups is 1. The van der Waals surface area contributed by atoms with E-state index in [0.717, 1.165) is 0 Å². The maximum atomic E-state index is 11.8. The molecule has 0 saturated carbocycles. The maximum Gasteiger partial charge on any atom is 0.408 e. The van der Waals surface area contributed by atoms with E-state index in [4.69, 9.17) is 9.47 Å². The van der Waals surface area contributed by atoms with E-state index in [9.17, 15) is 14.7 Å². The fraction of sp³-hybridized carbons (Fsp3) is 0.750. The Morgan fingerprint density at radius 2 is 1.77 bits per heavy atom. The SMILES string of the molecule is C=CC[C@H](O)[C@H](COC(=O)C(C)(C)C)NC(=O)OC(C)(C)C. The third kappa shape index (κ3) is 8.67. The molecule has 0 aromatic rings. The third-order valence-corrected chi connectivity index (χ3v) is 2.58. The average Bonchev–Trinajstić information content (AvgIpc) is 2.30. The fourth-order valence-electron chi connectivity index (χ4n) is 1.42. The predicted molar refractivity (Wildman–Crippen MR) is 84.4 cm³/mol. The van der Waals surface area contributed by atoms with Gasteiger partial charge in [-0.05, 0) is 48.0 Å². The van der Waals surface area contributed by atoms with Crippen molar-refractivity contribution < 1.29 is 24.2 Å². The summed E-state index contributed by atoms with van der Waals surface area (Å²) in [6.45, 7) is 13.8. The lowest BCUT2D eigenvalue weighted by Gasteiger charge is -2.27. The van der Waals surface area contributed by atoms with Crippen LogP contribution >= 0.6 is 0 Å². The highest BCUT2D eigenvalue weighted by atomic mass is 16.6. The monoisotopic (exact) mass is 315 g/mol. The molecular formula is C16H29NO5. The fourth-order valence-corrected chi connectivity index (χ4v) is 1.42. The molecule has 0 aliphatic heterocycles. The van der Waals surface area contributed by atoms with E-state index in [1.807, 2.05) is 0 Å². The van der Waals surface area contributed by atoms with Gasteiger partial charge in [-0.3, -0.25) is 4.79 Å². The normalized spacial score (nSPS) is 14.7. The summed E-state index contributed by atoms with van der Waals surface area (Å²) in [6, 6.07) is -0.765. The Kier molecular flexibility index (Phi) is 7.59. The summed E-state index contributed by atoms with van der Waals surface area (Å²) in [5, 5.41) is 12.6. The first kappa shape index (κ1) is 20.4. The first-order valence-electron chi connectivity index (χ1n) is 7.32. The molecule has 0 aromatic carbocycles. The lowest BCUT2D eigenvalue weighted by molar-refractivity contribution is -0.154. The molecule has 0 rings (SSSR count). The van der Waals surface area contributed by atoms with Crippen LogP contribution < -0.4 is 5.32 Å². The molecule has 0 bridgehead atoms. The van der Waals surface area contributed by atoms with Crippen molar-refractivity contribution in [3.05, 3.63) is 12.7 Å². The molecule has 128 valence electrons. The van der Waals surface area contributed by atoms with Crippen LogP contribution in [0.5, 0.6) is 0 Å². The molecule has 0 heterocycles. The number of esters is 1. The van der Waals surface area contributed by atoms with Gasteiger partial charge in [0, 0.05) is 0 Å². The minimum Gasteiger partial charge on any atom is -0.463 e. The van der Waals surface area contributed by atoms with Crippen LogP contribution in [0.15, 0.2) is 12.7 Å². The molecule has 0 aromatic heterocycles. The van der Waals surface area contributed by atoms with Crippen molar-refractivity contribution in [3.8, 4) is 0 Å². The van der Waals surface area contributed by atoms with Gasteiger partial charge >= 0.3 is 12.1 Å². The molecule has 1 amide bonds. The molecule has 0 unspecified atom stereocenters. The number of rotatable bonds is 6. The molecule has 0 saturated heterocycles. The van der Waals surface area contributed by atoms with Crippen LogP contribution in [0.2, 0.25) is 0 Å². The van der Waals surface area contributed by atoms with Gasteiger partial charge in [0.05, 0.1) is 17.6 Å². The van der Waals surface area contributed by atoms with Gasteiger partial charge in [0.1, 0.15) is 12.2 Å². The van der Waals surface area contributed by atoms with Crippen molar-refractivity contribution in [2.45, 2.75) is 65.7 Å². The largest absolute Gasteiger partial charge is 0.463 e. The zero-order chi connectivity index (χ0) is 17.6. The van der Waals surface area contributed by atoms with Gasteiger partial charge in [-0.1, -0.05) is 6.08 Å². The van der Waals surface area contributed by atoms with Gasteiger partial charge in [-0.15, -0.1) is 6.58 Å². The van der Waals surface area contributed by atoms with Gasteiger partial charge in [-0.25, -0.2) is 4.79 Å². The predicted octanol–water partition coefficient (Wildman–Crippen LogP) is 2.41. The summed E-state index contributed by atoms with van der Waals surface area (Å²) < 4.78 is 10.3. The lowest BCUT2D eigenvalue weighted by Crippen LogP contribution is -2.48. The smallest absolute Gasteiger partial charge is 0.408 e. The first-order chi connectivity index (χ1) is 9.86. The van der Waals surface area contributed by atoms with Gasteiger partial charge in [0.15, 0.2) is 0 Å². The number of alkyl carbamates (subject to hydrolysis) is 1. The van der Waals surface area contributed by atoms with E-state index in [2.05, 4.69) is 11.9 Å². The summed E-state index contributed by atoms with van der Waals surface area (Å²) in [4.78, 5) is 23.6. The molecule has 0 aliphatic rings. The minimum absolute atomic E-state index is 0.135. The molecule has 6 nitrogen and oxygen atoms in total. The Bertz CT molecular complexity index is 392. The summed E-state index contributed by atoms with van der Waals surface area (Å²) in [5.41, 5.74) is -1.31. The molecule has 22 heavy (non-hydrogen) atoms. The zero-order valence-corrected chi connectivity index (χ0v) is 14.4. The van der Waals surface area contributed by atoms with Crippen molar-refractivity contribution in [2.24, 2.45) is 5.41 Å². The quantitative estimate of drug-likeness (QED) is 0.581. The van der Waals surface area contributed by atoms with Crippen LogP contribution in [-0.2, 0) is 14.3 Å². The number of ether oxygens (including phenoxy) is 2. The second kappa shape index (κ2) is 8.17. The molecule has 6 heteroatoms. The summed E-state index contributed by atoms with van der Waals surface area (Å²) in [5.74, 6) is -0.408. The number of carbonyl (C=O) groups is 2. The second-order valence-corrected chi connectivity index (χ2v) is 7.19. The van der Waals surface area contributed by atoms with E-state index in [0.29, 0.717) is 0 Å². The first-order valence-corrected chi connectivity index (χ1v) is 7.32. The van der Waals surface area contributed by atoms with Crippen LogP contribution in [0, 0.1) is 5.41 Å². The minimum atomic E-state index is -0.919. The number of aliphatic hydroxyl groups excluding tert-OH is 1. The summed E-state index contributed by atoms with van der Waals surface area (Å²) >= 11 is 0. The van der Waals surface area contributed by atoms with Gasteiger partial charge in [0.25, 0.3) is 0 Å². The summed E-state index contributed by atoms with van der Waals surface area (Å²) in [7, 11) is 0. The van der Waals surface area contributed by atoms with Crippen LogP contribution in [-0.4, -0.2) is 41.5 Å². The zero-order valence-electron chi connectivity index (χ0n) is 14.4. The van der Waals surface area contributed by atoms with Gasteiger partial charge < -0.3 is 19.9 Å². The van der Waals surface area contributed by atoms with Crippen LogP contribution in [0.4, 0.5) is 4.79 Å². The molecule has 0 radical (unpaired) electrons. The Hall–Kier alpha value is -1.56. The molecule has 2 atom stereocenters. The number of hydrogen-bond acceptors (Lipinski definition) is 5. The highest BCUT2D eigenvalue weighted by molar-refractivity contribution is 5.75. The standard InChI is InChI=1S/C16H29NO5/c1-8-9-12(18)11(10-21-13(19)15(2,3)4)17-14(20)22-16(5,6)7/h8,11-12,18H,1,9-10H2,2-7H3,(H,17,20)/t11-,12-/m0/s1. The third-order valence-electron chi connectivity index (χ3n) is 2.58. The van der Waals surface area contributed by atoms with Crippen LogP contribution in [0.25, 0.3) is 0 Å². The highest BCUT2D eigenvalue weighted by Crippen LogP contribution is 2.16. The van der Waals surface area contributed by atoms with Crippen molar-refractivity contribution in [2.75, 3.05) is 6.61 Å². The Morgan fingerprint density at radius 1 is 1.23 bits per heavy atom. The molecule has 0 spiro atoms. The topological polar surface area (TPSA) is 84.9 Å². The average molecular weight is 315 g/mol. The van der Waals surface area contributed by atoms with E-state index in [1.165, 1.54) is 6.08 Å².